The van der Waals surface area contributed by atoms with Gasteiger partial charge in [0.2, 0.25) is 0 Å². The molecule has 2 heteroatoms. The molecule has 0 aliphatic heterocycles. The second-order valence-electron chi connectivity index (χ2n) is 3.63. The molecule has 78 valence electrons. The zero-order valence-corrected chi connectivity index (χ0v) is 10.8. The highest BCUT2D eigenvalue weighted by atomic mass is 79.9. The Kier molecular flexibility index (Phi) is 3.32. The highest BCUT2D eigenvalue weighted by molar-refractivity contribution is 9.10. The highest BCUT2D eigenvalue weighted by Crippen LogP contribution is 2.28. The van der Waals surface area contributed by atoms with Gasteiger partial charge in [-0.2, -0.15) is 0 Å². The van der Waals surface area contributed by atoms with Crippen LogP contribution in [0.1, 0.15) is 24.3 Å². The molecular formula is C13H12BrCl. The number of halogens is 2. The van der Waals surface area contributed by atoms with Crippen LogP contribution in [0.25, 0.3) is 10.8 Å². The van der Waals surface area contributed by atoms with Crippen LogP contribution in [0.3, 0.4) is 0 Å². The fourth-order valence-corrected chi connectivity index (χ4v) is 2.18. The predicted molar refractivity (Wildman–Crippen MR) is 70.5 cm³/mol. The van der Waals surface area contributed by atoms with Crippen molar-refractivity contribution in [2.45, 2.75) is 18.7 Å². The van der Waals surface area contributed by atoms with Gasteiger partial charge in [-0.25, -0.2) is 0 Å². The van der Waals surface area contributed by atoms with Gasteiger partial charge in [0.15, 0.2) is 0 Å². The Bertz CT molecular complexity index is 479. The van der Waals surface area contributed by atoms with Gasteiger partial charge in [0.05, 0.1) is 5.38 Å². The molecule has 0 bridgehead atoms. The molecule has 0 saturated carbocycles. The van der Waals surface area contributed by atoms with E-state index in [0.717, 1.165) is 10.9 Å². The Morgan fingerprint density at radius 1 is 1.13 bits per heavy atom. The van der Waals surface area contributed by atoms with Gasteiger partial charge in [0, 0.05) is 4.47 Å². The zero-order valence-electron chi connectivity index (χ0n) is 8.50. The normalized spacial score (nSPS) is 13.0. The Balaban J connectivity index is 2.54. The lowest BCUT2D eigenvalue weighted by molar-refractivity contribution is 0.885. The van der Waals surface area contributed by atoms with Crippen LogP contribution < -0.4 is 0 Å². The first kappa shape index (κ1) is 11.0. The third-order valence-corrected chi connectivity index (χ3v) is 3.60. The largest absolute Gasteiger partial charge is 0.118 e. The first-order valence-electron chi connectivity index (χ1n) is 5.04. The lowest BCUT2D eigenvalue weighted by Crippen LogP contribution is -1.87. The first-order valence-corrected chi connectivity index (χ1v) is 6.27. The molecule has 1 atom stereocenters. The summed E-state index contributed by atoms with van der Waals surface area (Å²) in [5, 5.41) is 2.61. The van der Waals surface area contributed by atoms with Gasteiger partial charge in [0.25, 0.3) is 0 Å². The van der Waals surface area contributed by atoms with Gasteiger partial charge in [-0.15, -0.1) is 11.6 Å². The van der Waals surface area contributed by atoms with E-state index in [4.69, 9.17) is 11.6 Å². The predicted octanol–water partition coefficient (Wildman–Crippen LogP) is 5.29. The molecule has 0 aromatic heterocycles. The maximum Gasteiger partial charge on any atom is 0.0582 e. The first-order chi connectivity index (χ1) is 7.20. The molecule has 0 aliphatic carbocycles. The maximum absolute atomic E-state index is 6.22. The summed E-state index contributed by atoms with van der Waals surface area (Å²) in [5.74, 6) is 0. The van der Waals surface area contributed by atoms with Crippen LogP contribution >= 0.6 is 27.5 Å². The van der Waals surface area contributed by atoms with E-state index in [9.17, 15) is 0 Å². The van der Waals surface area contributed by atoms with Gasteiger partial charge in [-0.05, 0) is 41.0 Å². The van der Waals surface area contributed by atoms with E-state index in [0.29, 0.717) is 0 Å². The summed E-state index contributed by atoms with van der Waals surface area (Å²) in [5.41, 5.74) is 1.20. The van der Waals surface area contributed by atoms with Gasteiger partial charge < -0.3 is 0 Å². The molecule has 1 unspecified atom stereocenters. The fraction of sp³-hybridized carbons (Fsp3) is 0.231. The SMILES string of the molecule is CCC(Cl)c1ccc2ccc(Br)cc2c1. The quantitative estimate of drug-likeness (QED) is 0.657. The van der Waals surface area contributed by atoms with Crippen molar-refractivity contribution in [3.63, 3.8) is 0 Å². The molecule has 0 N–H and O–H groups in total. The molecule has 2 rings (SSSR count). The standard InChI is InChI=1S/C13H12BrCl/c1-2-13(15)10-4-3-9-5-6-12(14)8-11(9)7-10/h3-8,13H,2H2,1H3. The van der Waals surface area contributed by atoms with Gasteiger partial charge in [0.1, 0.15) is 0 Å². The third-order valence-electron chi connectivity index (χ3n) is 2.55. The van der Waals surface area contributed by atoms with E-state index in [1.54, 1.807) is 0 Å². The third kappa shape index (κ3) is 2.35. The van der Waals surface area contributed by atoms with E-state index in [1.165, 1.54) is 16.3 Å². The molecule has 0 heterocycles. The monoisotopic (exact) mass is 282 g/mol. The van der Waals surface area contributed by atoms with E-state index in [2.05, 4.69) is 59.3 Å². The molecule has 0 saturated heterocycles. The summed E-state index contributed by atoms with van der Waals surface area (Å²) in [6, 6.07) is 12.7. The highest BCUT2D eigenvalue weighted by Gasteiger charge is 2.05. The average Bonchev–Trinajstić information content (AvgIpc) is 2.27. The zero-order chi connectivity index (χ0) is 10.8. The van der Waals surface area contributed by atoms with Crippen molar-refractivity contribution < 1.29 is 0 Å². The van der Waals surface area contributed by atoms with Gasteiger partial charge in [-0.3, -0.25) is 0 Å². The molecule has 2 aromatic rings. The number of rotatable bonds is 2. The van der Waals surface area contributed by atoms with Crippen molar-refractivity contribution in [1.82, 2.24) is 0 Å². The molecule has 0 amide bonds. The summed E-state index contributed by atoms with van der Waals surface area (Å²) >= 11 is 9.70. The number of hydrogen-bond donors (Lipinski definition) is 0. The minimum Gasteiger partial charge on any atom is -0.118 e. The second kappa shape index (κ2) is 4.54. The number of fused-ring (bicyclic) bond motifs is 1. The topological polar surface area (TPSA) is 0 Å². The van der Waals surface area contributed by atoms with Crippen LogP contribution in [-0.4, -0.2) is 0 Å². The van der Waals surface area contributed by atoms with E-state index >= 15 is 0 Å². The molecule has 0 fully saturated rings. The average molecular weight is 284 g/mol. The number of benzene rings is 2. The Morgan fingerprint density at radius 2 is 1.87 bits per heavy atom. The summed E-state index contributed by atoms with van der Waals surface area (Å²) in [6.07, 6.45) is 0.959. The molecule has 15 heavy (non-hydrogen) atoms. The summed E-state index contributed by atoms with van der Waals surface area (Å²) in [4.78, 5) is 0. The van der Waals surface area contributed by atoms with Gasteiger partial charge >= 0.3 is 0 Å². The molecule has 0 spiro atoms. The Hall–Kier alpha value is -0.530. The molecule has 0 nitrogen and oxygen atoms in total. The summed E-state index contributed by atoms with van der Waals surface area (Å²) in [7, 11) is 0. The molecule has 0 radical (unpaired) electrons. The smallest absolute Gasteiger partial charge is 0.0582 e. The van der Waals surface area contributed by atoms with Crippen molar-refractivity contribution >= 4 is 38.3 Å². The van der Waals surface area contributed by atoms with Gasteiger partial charge in [-0.1, -0.05) is 41.1 Å². The van der Waals surface area contributed by atoms with E-state index in [1.807, 2.05) is 0 Å². The van der Waals surface area contributed by atoms with Crippen molar-refractivity contribution in [1.29, 1.82) is 0 Å². The minimum atomic E-state index is 0.119. The lowest BCUT2D eigenvalue weighted by atomic mass is 10.0. The van der Waals surface area contributed by atoms with Crippen molar-refractivity contribution in [2.75, 3.05) is 0 Å². The van der Waals surface area contributed by atoms with Crippen LogP contribution in [0, 0.1) is 0 Å². The van der Waals surface area contributed by atoms with Crippen LogP contribution in [0.5, 0.6) is 0 Å². The van der Waals surface area contributed by atoms with E-state index < -0.39 is 0 Å². The molecule has 0 aliphatic rings. The molecular weight excluding hydrogens is 272 g/mol. The summed E-state index contributed by atoms with van der Waals surface area (Å²) < 4.78 is 1.11. The second-order valence-corrected chi connectivity index (χ2v) is 5.07. The summed E-state index contributed by atoms with van der Waals surface area (Å²) in [6.45, 7) is 2.10. The lowest BCUT2D eigenvalue weighted by Gasteiger charge is -2.08. The van der Waals surface area contributed by atoms with E-state index in [-0.39, 0.29) is 5.38 Å². The fourth-order valence-electron chi connectivity index (χ4n) is 1.67. The van der Waals surface area contributed by atoms with Crippen molar-refractivity contribution in [3.05, 3.63) is 46.4 Å². The number of alkyl halides is 1. The van der Waals surface area contributed by atoms with Crippen LogP contribution in [-0.2, 0) is 0 Å². The van der Waals surface area contributed by atoms with Crippen molar-refractivity contribution in [2.24, 2.45) is 0 Å². The van der Waals surface area contributed by atoms with Crippen LogP contribution in [0.15, 0.2) is 40.9 Å². The maximum atomic E-state index is 6.22. The van der Waals surface area contributed by atoms with Crippen LogP contribution in [0.2, 0.25) is 0 Å². The minimum absolute atomic E-state index is 0.119. The van der Waals surface area contributed by atoms with Crippen LogP contribution in [0.4, 0.5) is 0 Å². The molecule has 2 aromatic carbocycles. The Morgan fingerprint density at radius 3 is 2.60 bits per heavy atom. The number of hydrogen-bond acceptors (Lipinski definition) is 0. The van der Waals surface area contributed by atoms with Crippen molar-refractivity contribution in [3.8, 4) is 0 Å². The Labute approximate surface area is 103 Å².